The highest BCUT2D eigenvalue weighted by atomic mass is 32.1. The first-order chi connectivity index (χ1) is 17.3. The van der Waals surface area contributed by atoms with Crippen molar-refractivity contribution in [3.8, 4) is 23.3 Å². The lowest BCUT2D eigenvalue weighted by Crippen LogP contribution is -2.40. The molecule has 0 spiro atoms. The number of nitrogens with zero attached hydrogens (tertiary/aromatic N) is 5. The first-order valence-corrected chi connectivity index (χ1v) is 11.7. The first kappa shape index (κ1) is 22.9. The topological polar surface area (TPSA) is 135 Å². The lowest BCUT2D eigenvalue weighted by atomic mass is 9.85. The van der Waals surface area contributed by atoms with Gasteiger partial charge in [0.15, 0.2) is 0 Å². The van der Waals surface area contributed by atoms with Crippen molar-refractivity contribution in [1.29, 1.82) is 10.5 Å². The van der Waals surface area contributed by atoms with Gasteiger partial charge >= 0.3 is 0 Å². The monoisotopic (exact) mass is 490 g/mol. The quantitative estimate of drug-likeness (QED) is 0.266. The molecule has 0 saturated carbocycles. The van der Waals surface area contributed by atoms with E-state index >= 15 is 0 Å². The van der Waals surface area contributed by atoms with Crippen LogP contribution in [0, 0.1) is 32.8 Å². The van der Waals surface area contributed by atoms with Crippen LogP contribution in [0.15, 0.2) is 79.3 Å². The second kappa shape index (κ2) is 8.75. The van der Waals surface area contributed by atoms with Gasteiger partial charge in [0.25, 0.3) is 5.69 Å². The van der Waals surface area contributed by atoms with Crippen LogP contribution in [0.3, 0.4) is 0 Å². The van der Waals surface area contributed by atoms with Crippen molar-refractivity contribution in [2.45, 2.75) is 5.54 Å². The van der Waals surface area contributed by atoms with E-state index in [1.165, 1.54) is 17.4 Å². The number of nitriles is 2. The van der Waals surface area contributed by atoms with Crippen LogP contribution in [0.5, 0.6) is 0 Å². The first-order valence-electron chi connectivity index (χ1n) is 10.8. The Labute approximate surface area is 210 Å². The molecule has 2 aromatic heterocycles. The Hall–Kier alpha value is -4.83. The predicted molar refractivity (Wildman–Crippen MR) is 137 cm³/mol. The maximum atomic E-state index is 11.8. The summed E-state index contributed by atoms with van der Waals surface area (Å²) in [4.78, 5) is 16.4. The highest BCUT2D eigenvalue weighted by Gasteiger charge is 2.37. The van der Waals surface area contributed by atoms with Gasteiger partial charge in [0.2, 0.25) is 0 Å². The van der Waals surface area contributed by atoms with Crippen LogP contribution in [0.2, 0.25) is 0 Å². The van der Waals surface area contributed by atoms with Gasteiger partial charge in [0, 0.05) is 34.1 Å². The van der Waals surface area contributed by atoms with Crippen molar-refractivity contribution in [1.82, 2.24) is 9.55 Å². The summed E-state index contributed by atoms with van der Waals surface area (Å²) < 4.78 is 2.53. The van der Waals surface area contributed by atoms with E-state index in [4.69, 9.17) is 5.73 Å². The molecule has 0 aliphatic rings. The van der Waals surface area contributed by atoms with Gasteiger partial charge in [-0.05, 0) is 47.0 Å². The predicted octanol–water partition coefficient (Wildman–Crippen LogP) is 5.20. The zero-order valence-electron chi connectivity index (χ0n) is 19.0. The lowest BCUT2D eigenvalue weighted by Gasteiger charge is -2.29. The fraction of sp³-hybridized carbons (Fsp3) is 0.0741. The number of hydrogen-bond donors (Lipinski definition) is 1. The third kappa shape index (κ3) is 3.69. The van der Waals surface area contributed by atoms with Crippen molar-refractivity contribution < 1.29 is 4.92 Å². The molecule has 5 rings (SSSR count). The maximum Gasteiger partial charge on any atom is 0.271 e. The minimum absolute atomic E-state index is 0.0465. The molecular weight excluding hydrogens is 472 g/mol. The largest absolute Gasteiger partial charge is 0.335 e. The lowest BCUT2D eigenvalue weighted by molar-refractivity contribution is -0.384. The fourth-order valence-corrected chi connectivity index (χ4v) is 5.64. The van der Waals surface area contributed by atoms with Crippen molar-refractivity contribution in [2.24, 2.45) is 12.8 Å². The molecule has 2 N–H and O–H groups in total. The minimum Gasteiger partial charge on any atom is -0.335 e. The Morgan fingerprint density at radius 2 is 1.81 bits per heavy atom. The summed E-state index contributed by atoms with van der Waals surface area (Å²) in [6.45, 7) is 0. The summed E-state index contributed by atoms with van der Waals surface area (Å²) in [6, 6.07) is 23.3. The number of benzene rings is 3. The number of hydrogen-bond acceptors (Lipinski definition) is 7. The summed E-state index contributed by atoms with van der Waals surface area (Å²) in [5.74, 6) is 0. The summed E-state index contributed by atoms with van der Waals surface area (Å²) in [7, 11) is 1.85. The average Bonchev–Trinajstić information content (AvgIpc) is 3.54. The Balaban J connectivity index is 1.81. The number of thiophene rings is 1. The normalized spacial score (nSPS) is 12.6. The van der Waals surface area contributed by atoms with Crippen LogP contribution in [-0.4, -0.2) is 14.5 Å². The van der Waals surface area contributed by atoms with Gasteiger partial charge in [-0.15, -0.1) is 11.3 Å². The van der Waals surface area contributed by atoms with E-state index in [1.807, 2.05) is 35.9 Å². The van der Waals surface area contributed by atoms with Crippen LogP contribution in [0.25, 0.3) is 21.2 Å². The molecule has 0 fully saturated rings. The Morgan fingerprint density at radius 3 is 2.44 bits per heavy atom. The summed E-state index contributed by atoms with van der Waals surface area (Å²) >= 11 is 1.37. The molecule has 5 aromatic rings. The van der Waals surface area contributed by atoms with Crippen LogP contribution >= 0.6 is 11.3 Å². The summed E-state index contributed by atoms with van der Waals surface area (Å²) in [5, 5.41) is 31.2. The number of nitro benzene ring substituents is 1. The van der Waals surface area contributed by atoms with Gasteiger partial charge in [-0.1, -0.05) is 24.3 Å². The average molecular weight is 491 g/mol. The highest BCUT2D eigenvalue weighted by molar-refractivity contribution is 7.19. The molecule has 0 aliphatic carbocycles. The molecule has 3 aromatic carbocycles. The van der Waals surface area contributed by atoms with Gasteiger partial charge in [0.1, 0.15) is 5.54 Å². The zero-order chi connectivity index (χ0) is 25.4. The number of aryl methyl sites for hydroxylation is 1. The molecule has 0 saturated heterocycles. The fourth-order valence-electron chi connectivity index (χ4n) is 4.38. The van der Waals surface area contributed by atoms with Crippen LogP contribution in [0.4, 0.5) is 5.69 Å². The standard InChI is InChI=1S/C27H18N6O2S/c1-32-16-31-15-25(32)27(30,20-7-5-17(13-28)6-8-20)26-12-23-22(19-4-2-3-18(9-19)14-29)10-21(33(34)35)11-24(23)36-26/h2-12,15-16H,30H2,1H3. The number of rotatable bonds is 5. The van der Waals surface area contributed by atoms with E-state index in [9.17, 15) is 20.6 Å². The van der Waals surface area contributed by atoms with E-state index in [0.717, 1.165) is 21.5 Å². The van der Waals surface area contributed by atoms with E-state index < -0.39 is 10.5 Å². The minimum atomic E-state index is -1.14. The van der Waals surface area contributed by atoms with E-state index in [0.29, 0.717) is 27.0 Å². The molecule has 1 unspecified atom stereocenters. The second-order valence-electron chi connectivity index (χ2n) is 8.35. The van der Waals surface area contributed by atoms with Gasteiger partial charge in [0.05, 0.1) is 46.4 Å². The van der Waals surface area contributed by atoms with Gasteiger partial charge in [-0.25, -0.2) is 4.98 Å². The number of aromatic nitrogens is 2. The van der Waals surface area contributed by atoms with Crippen molar-refractivity contribution in [2.75, 3.05) is 0 Å². The van der Waals surface area contributed by atoms with Gasteiger partial charge in [-0.3, -0.25) is 10.1 Å². The van der Waals surface area contributed by atoms with Crippen molar-refractivity contribution in [3.05, 3.63) is 117 Å². The molecule has 8 nitrogen and oxygen atoms in total. The third-order valence-corrected chi connectivity index (χ3v) is 7.43. The Morgan fingerprint density at radius 1 is 1.06 bits per heavy atom. The molecular formula is C27H18N6O2S. The van der Waals surface area contributed by atoms with Crippen LogP contribution in [0.1, 0.15) is 27.3 Å². The number of non-ortho nitro benzene ring substituents is 1. The molecule has 36 heavy (non-hydrogen) atoms. The Bertz CT molecular complexity index is 1720. The molecule has 0 bridgehead atoms. The summed E-state index contributed by atoms with van der Waals surface area (Å²) in [5.41, 5.74) is 9.80. The molecule has 0 radical (unpaired) electrons. The SMILES string of the molecule is Cn1cncc1C(N)(c1ccc(C#N)cc1)c1cc2c(-c3cccc(C#N)c3)cc([N+](=O)[O-])cc2s1. The third-order valence-electron chi connectivity index (χ3n) is 6.21. The summed E-state index contributed by atoms with van der Waals surface area (Å²) in [6.07, 6.45) is 3.36. The number of fused-ring (bicyclic) bond motifs is 1. The van der Waals surface area contributed by atoms with Gasteiger partial charge in [-0.2, -0.15) is 10.5 Å². The molecule has 0 amide bonds. The van der Waals surface area contributed by atoms with Crippen molar-refractivity contribution in [3.63, 3.8) is 0 Å². The Kier molecular flexibility index (Phi) is 5.57. The van der Waals surface area contributed by atoms with Crippen LogP contribution < -0.4 is 5.73 Å². The van der Waals surface area contributed by atoms with E-state index in [2.05, 4.69) is 17.1 Å². The molecule has 1 atom stereocenters. The second-order valence-corrected chi connectivity index (χ2v) is 9.44. The smallest absolute Gasteiger partial charge is 0.271 e. The molecule has 2 heterocycles. The van der Waals surface area contributed by atoms with Crippen LogP contribution in [-0.2, 0) is 12.6 Å². The number of nitrogens with two attached hydrogens (primary N) is 1. The van der Waals surface area contributed by atoms with Crippen molar-refractivity contribution >= 4 is 27.1 Å². The highest BCUT2D eigenvalue weighted by Crippen LogP contribution is 2.44. The van der Waals surface area contributed by atoms with Gasteiger partial charge < -0.3 is 10.3 Å². The maximum absolute atomic E-state index is 11.8. The van der Waals surface area contributed by atoms with E-state index in [1.54, 1.807) is 48.9 Å². The zero-order valence-corrected chi connectivity index (χ0v) is 19.9. The van der Waals surface area contributed by atoms with E-state index in [-0.39, 0.29) is 5.69 Å². The number of nitro groups is 1. The molecule has 174 valence electrons. The molecule has 9 heteroatoms. The number of imidazole rings is 1. The molecule has 0 aliphatic heterocycles.